The normalized spacial score (nSPS) is 11.6. The Morgan fingerprint density at radius 1 is 1.32 bits per heavy atom. The lowest BCUT2D eigenvalue weighted by Gasteiger charge is -2.09. The van der Waals surface area contributed by atoms with Gasteiger partial charge in [0.05, 0.1) is 11.9 Å². The number of hydrogen-bond donors (Lipinski definition) is 1. The van der Waals surface area contributed by atoms with Gasteiger partial charge < -0.3 is 5.32 Å². The summed E-state index contributed by atoms with van der Waals surface area (Å²) in [4.78, 5) is 7.41. The third kappa shape index (κ3) is 2.83. The van der Waals surface area contributed by atoms with Crippen LogP contribution < -0.4 is 5.32 Å². The monoisotopic (exact) mass is 271 g/mol. The molecule has 0 radical (unpaired) electrons. The van der Waals surface area contributed by atoms with Gasteiger partial charge in [-0.3, -0.25) is 4.68 Å². The Hall–Kier alpha value is -2.12. The second kappa shape index (κ2) is 4.87. The molecular weight excluding hydrogens is 259 g/mol. The molecule has 8 heteroatoms. The topological polar surface area (TPSA) is 55.6 Å². The molecule has 0 aliphatic heterocycles. The fourth-order valence-electron chi connectivity index (χ4n) is 1.52. The van der Waals surface area contributed by atoms with Crippen LogP contribution in [0.3, 0.4) is 0 Å². The number of halogens is 3. The maximum Gasteiger partial charge on any atom is 0.433 e. The largest absolute Gasteiger partial charge is 0.433 e. The van der Waals surface area contributed by atoms with E-state index >= 15 is 0 Å². The second-order valence-electron chi connectivity index (χ2n) is 3.79. The molecule has 5 nitrogen and oxygen atoms in total. The number of nitrogens with one attached hydrogen (secondary N) is 1. The van der Waals surface area contributed by atoms with Crippen molar-refractivity contribution in [3.05, 3.63) is 24.2 Å². The lowest BCUT2D eigenvalue weighted by molar-refractivity contribution is -0.141. The smallest absolute Gasteiger partial charge is 0.357 e. The molecule has 2 aromatic heterocycles. The predicted molar refractivity (Wildman–Crippen MR) is 63.5 cm³/mol. The summed E-state index contributed by atoms with van der Waals surface area (Å²) in [6, 6.07) is 0.915. The fourth-order valence-corrected chi connectivity index (χ4v) is 1.52. The Morgan fingerprint density at radius 3 is 2.58 bits per heavy atom. The first-order chi connectivity index (χ1) is 8.94. The predicted octanol–water partition coefficient (Wildman–Crippen LogP) is 2.42. The molecule has 2 rings (SSSR count). The Bertz CT molecular complexity index is 576. The summed E-state index contributed by atoms with van der Waals surface area (Å²) in [5.41, 5.74) is -0.274. The van der Waals surface area contributed by atoms with E-state index in [1.165, 1.54) is 13.2 Å². The Balaban J connectivity index is 2.50. The van der Waals surface area contributed by atoms with Crippen LogP contribution in [0.2, 0.25) is 0 Å². The van der Waals surface area contributed by atoms with Gasteiger partial charge in [-0.05, 0) is 13.0 Å². The van der Waals surface area contributed by atoms with Crippen molar-refractivity contribution in [2.24, 2.45) is 0 Å². The van der Waals surface area contributed by atoms with Crippen LogP contribution in [0.4, 0.5) is 19.1 Å². The lowest BCUT2D eigenvalue weighted by atomic mass is 10.2. The highest BCUT2D eigenvalue weighted by molar-refractivity contribution is 5.59. The minimum absolute atomic E-state index is 0.0749. The summed E-state index contributed by atoms with van der Waals surface area (Å²) in [7, 11) is 1.47. The van der Waals surface area contributed by atoms with E-state index in [2.05, 4.69) is 20.4 Å². The van der Waals surface area contributed by atoms with Gasteiger partial charge in [0.15, 0.2) is 5.69 Å². The zero-order valence-electron chi connectivity index (χ0n) is 10.4. The standard InChI is InChI=1S/C11H12F3N5/c1-3-19-6-7(5-16-19)8-4-9(11(12,13)14)18-10(15-2)17-8/h4-6H,3H2,1-2H3,(H,15,17,18). The highest BCUT2D eigenvalue weighted by atomic mass is 19.4. The number of anilines is 1. The molecule has 0 spiro atoms. The van der Waals surface area contributed by atoms with Crippen LogP contribution in [0.25, 0.3) is 11.3 Å². The van der Waals surface area contributed by atoms with Gasteiger partial charge in [0.2, 0.25) is 5.95 Å². The molecule has 0 fully saturated rings. The van der Waals surface area contributed by atoms with Crippen molar-refractivity contribution in [1.82, 2.24) is 19.7 Å². The van der Waals surface area contributed by atoms with E-state index < -0.39 is 11.9 Å². The third-order valence-electron chi connectivity index (χ3n) is 2.49. The minimum Gasteiger partial charge on any atom is -0.357 e. The summed E-state index contributed by atoms with van der Waals surface area (Å²) in [5, 5.41) is 6.53. The number of hydrogen-bond acceptors (Lipinski definition) is 4. The highest BCUT2D eigenvalue weighted by Crippen LogP contribution is 2.30. The minimum atomic E-state index is -4.51. The highest BCUT2D eigenvalue weighted by Gasteiger charge is 2.33. The molecule has 0 saturated heterocycles. The summed E-state index contributed by atoms with van der Waals surface area (Å²) in [6.07, 6.45) is -1.39. The van der Waals surface area contributed by atoms with E-state index in [9.17, 15) is 13.2 Å². The van der Waals surface area contributed by atoms with Crippen LogP contribution in [-0.4, -0.2) is 26.8 Å². The van der Waals surface area contributed by atoms with E-state index in [4.69, 9.17) is 0 Å². The van der Waals surface area contributed by atoms with Crippen LogP contribution in [-0.2, 0) is 12.7 Å². The first-order valence-corrected chi connectivity index (χ1v) is 5.61. The maximum atomic E-state index is 12.7. The molecule has 0 unspecified atom stereocenters. The van der Waals surface area contributed by atoms with Gasteiger partial charge in [0, 0.05) is 25.4 Å². The third-order valence-corrected chi connectivity index (χ3v) is 2.49. The van der Waals surface area contributed by atoms with E-state index in [0.29, 0.717) is 12.1 Å². The van der Waals surface area contributed by atoms with Gasteiger partial charge in [0.25, 0.3) is 0 Å². The van der Waals surface area contributed by atoms with Crippen molar-refractivity contribution in [2.75, 3.05) is 12.4 Å². The maximum absolute atomic E-state index is 12.7. The Morgan fingerprint density at radius 2 is 2.05 bits per heavy atom. The summed E-state index contributed by atoms with van der Waals surface area (Å²) >= 11 is 0. The van der Waals surface area contributed by atoms with Gasteiger partial charge in [-0.1, -0.05) is 0 Å². The number of aryl methyl sites for hydroxylation is 1. The average molecular weight is 271 g/mol. The summed E-state index contributed by atoms with van der Waals surface area (Å²) < 4.78 is 39.8. The van der Waals surface area contributed by atoms with Crippen molar-refractivity contribution in [3.63, 3.8) is 0 Å². The number of rotatable bonds is 3. The molecule has 0 aromatic carbocycles. The molecule has 1 N–H and O–H groups in total. The van der Waals surface area contributed by atoms with Gasteiger partial charge in [0.1, 0.15) is 0 Å². The summed E-state index contributed by atoms with van der Waals surface area (Å²) in [6.45, 7) is 2.52. The second-order valence-corrected chi connectivity index (χ2v) is 3.79. The van der Waals surface area contributed by atoms with Crippen LogP contribution in [0.1, 0.15) is 12.6 Å². The number of alkyl halides is 3. The zero-order chi connectivity index (χ0) is 14.0. The van der Waals surface area contributed by atoms with Crippen LogP contribution in [0, 0.1) is 0 Å². The van der Waals surface area contributed by atoms with Gasteiger partial charge in [-0.15, -0.1) is 0 Å². The summed E-state index contributed by atoms with van der Waals surface area (Å²) in [5.74, 6) is -0.0749. The molecule has 102 valence electrons. The molecule has 0 aliphatic carbocycles. The molecular formula is C11H12F3N5. The van der Waals surface area contributed by atoms with Crippen molar-refractivity contribution in [2.45, 2.75) is 19.6 Å². The van der Waals surface area contributed by atoms with Crippen LogP contribution in [0.15, 0.2) is 18.5 Å². The van der Waals surface area contributed by atoms with Crippen molar-refractivity contribution in [3.8, 4) is 11.3 Å². The van der Waals surface area contributed by atoms with Crippen LogP contribution in [0.5, 0.6) is 0 Å². The molecule has 19 heavy (non-hydrogen) atoms. The van der Waals surface area contributed by atoms with Crippen molar-refractivity contribution >= 4 is 5.95 Å². The van der Waals surface area contributed by atoms with Gasteiger partial charge in [-0.25, -0.2) is 9.97 Å². The van der Waals surface area contributed by atoms with Crippen molar-refractivity contribution < 1.29 is 13.2 Å². The Labute approximate surface area is 107 Å². The molecule has 0 saturated carbocycles. The molecule has 2 heterocycles. The van der Waals surface area contributed by atoms with E-state index in [1.807, 2.05) is 6.92 Å². The molecule has 2 aromatic rings. The van der Waals surface area contributed by atoms with Gasteiger partial charge >= 0.3 is 6.18 Å². The number of nitrogens with zero attached hydrogens (tertiary/aromatic N) is 4. The first-order valence-electron chi connectivity index (χ1n) is 5.61. The molecule has 0 atom stereocenters. The molecule has 0 aliphatic rings. The number of aromatic nitrogens is 4. The Kier molecular flexibility index (Phi) is 3.41. The van der Waals surface area contributed by atoms with E-state index in [-0.39, 0.29) is 11.6 Å². The average Bonchev–Trinajstić information content (AvgIpc) is 2.86. The molecule has 0 amide bonds. The van der Waals surface area contributed by atoms with E-state index in [1.54, 1.807) is 10.9 Å². The van der Waals surface area contributed by atoms with Crippen LogP contribution >= 0.6 is 0 Å². The lowest BCUT2D eigenvalue weighted by Crippen LogP contribution is -2.11. The van der Waals surface area contributed by atoms with Crippen molar-refractivity contribution in [1.29, 1.82) is 0 Å². The first kappa shape index (κ1) is 13.3. The van der Waals surface area contributed by atoms with Gasteiger partial charge in [-0.2, -0.15) is 18.3 Å². The SMILES string of the molecule is CCn1cc(-c2cc(C(F)(F)F)nc(NC)n2)cn1. The molecule has 0 bridgehead atoms. The van der Waals surface area contributed by atoms with E-state index in [0.717, 1.165) is 6.07 Å². The quantitative estimate of drug-likeness (QED) is 0.931. The zero-order valence-corrected chi connectivity index (χ0v) is 10.4. The fraction of sp³-hybridized carbons (Fsp3) is 0.364.